The molecular weight excluding hydrogens is 318 g/mol. The number of pyridine rings is 1. The molecule has 1 amide bonds. The van der Waals surface area contributed by atoms with E-state index < -0.39 is 17.5 Å². The summed E-state index contributed by atoms with van der Waals surface area (Å²) in [4.78, 5) is 16.0. The number of carbonyl (C=O) groups is 1. The molecule has 0 radical (unpaired) electrons. The van der Waals surface area contributed by atoms with Crippen LogP contribution in [0.15, 0.2) is 24.3 Å². The molecule has 0 atom stereocenters. The average Bonchev–Trinajstić information content (AvgIpc) is 2.52. The van der Waals surface area contributed by atoms with Crippen LogP contribution in [0.4, 0.5) is 20.3 Å². The lowest BCUT2D eigenvalue weighted by molar-refractivity contribution is -0.115. The molecule has 0 aliphatic carbocycles. The first-order valence-electron chi connectivity index (χ1n) is 7.02. The van der Waals surface area contributed by atoms with Gasteiger partial charge in [-0.1, -0.05) is 12.1 Å². The highest BCUT2D eigenvalue weighted by atomic mass is 19.2. The predicted octanol–water partition coefficient (Wildman–Crippen LogP) is 2.39. The van der Waals surface area contributed by atoms with Crippen LogP contribution in [0.3, 0.4) is 0 Å². The van der Waals surface area contributed by atoms with Gasteiger partial charge in [0.25, 0.3) is 0 Å². The molecule has 0 saturated heterocycles. The van der Waals surface area contributed by atoms with Gasteiger partial charge in [-0.05, 0) is 13.0 Å². The lowest BCUT2D eigenvalue weighted by Gasteiger charge is -2.11. The number of nitrogens with one attached hydrogen (secondary N) is 1. The Morgan fingerprint density at radius 2 is 2.21 bits per heavy atom. The van der Waals surface area contributed by atoms with E-state index in [0.717, 1.165) is 6.07 Å². The highest BCUT2D eigenvalue weighted by Crippen LogP contribution is 2.25. The van der Waals surface area contributed by atoms with Crippen LogP contribution in [0.2, 0.25) is 0 Å². The fourth-order valence-electron chi connectivity index (χ4n) is 2.00. The van der Waals surface area contributed by atoms with E-state index in [1.54, 1.807) is 6.92 Å². The molecule has 8 heteroatoms. The Morgan fingerprint density at radius 3 is 2.88 bits per heavy atom. The molecular formula is C16H14F2N4O2. The van der Waals surface area contributed by atoms with Crippen molar-refractivity contribution < 1.29 is 18.3 Å². The molecule has 1 aromatic heterocycles. The Bertz CT molecular complexity index is 818. The molecule has 1 aromatic carbocycles. The van der Waals surface area contributed by atoms with Crippen LogP contribution in [0.1, 0.15) is 18.1 Å². The lowest BCUT2D eigenvalue weighted by Crippen LogP contribution is -2.17. The summed E-state index contributed by atoms with van der Waals surface area (Å²) in [5, 5.41) is 11.5. The van der Waals surface area contributed by atoms with E-state index in [1.165, 1.54) is 18.2 Å². The Labute approximate surface area is 136 Å². The van der Waals surface area contributed by atoms with Gasteiger partial charge in [-0.25, -0.2) is 8.78 Å². The van der Waals surface area contributed by atoms with Crippen LogP contribution in [0.25, 0.3) is 0 Å². The number of benzene rings is 1. The molecule has 0 aliphatic rings. The fraction of sp³-hybridized carbons (Fsp3) is 0.188. The molecule has 0 spiro atoms. The Balaban J connectivity index is 2.20. The van der Waals surface area contributed by atoms with Gasteiger partial charge in [0.1, 0.15) is 17.5 Å². The minimum Gasteiger partial charge on any atom is -0.477 e. The molecule has 24 heavy (non-hydrogen) atoms. The summed E-state index contributed by atoms with van der Waals surface area (Å²) < 4.78 is 31.9. The summed E-state index contributed by atoms with van der Waals surface area (Å²) in [6.45, 7) is 1.96. The molecule has 1 heterocycles. The largest absolute Gasteiger partial charge is 0.477 e. The zero-order valence-electron chi connectivity index (χ0n) is 12.8. The van der Waals surface area contributed by atoms with Gasteiger partial charge >= 0.3 is 0 Å². The summed E-state index contributed by atoms with van der Waals surface area (Å²) in [6.07, 6.45) is -0.380. The minimum atomic E-state index is -1.07. The van der Waals surface area contributed by atoms with Gasteiger partial charge in [0.2, 0.25) is 11.8 Å². The van der Waals surface area contributed by atoms with Crippen molar-refractivity contribution in [3.8, 4) is 11.9 Å². The van der Waals surface area contributed by atoms with Crippen LogP contribution in [0.5, 0.6) is 5.88 Å². The second kappa shape index (κ2) is 7.37. The molecule has 0 fully saturated rings. The van der Waals surface area contributed by atoms with Crippen molar-refractivity contribution in [3.05, 3.63) is 47.0 Å². The zero-order chi connectivity index (χ0) is 17.7. The SMILES string of the molecule is CCOc1nc(NC(=O)Cc2cccc(F)c2F)cc(N)c1C#N. The van der Waals surface area contributed by atoms with Gasteiger partial charge in [0.05, 0.1) is 18.7 Å². The van der Waals surface area contributed by atoms with E-state index in [0.29, 0.717) is 0 Å². The molecule has 3 N–H and O–H groups in total. The maximum absolute atomic E-state index is 13.6. The second-order valence-corrected chi connectivity index (χ2v) is 4.76. The maximum atomic E-state index is 13.6. The molecule has 0 bridgehead atoms. The zero-order valence-corrected chi connectivity index (χ0v) is 12.8. The summed E-state index contributed by atoms with van der Waals surface area (Å²) in [5.41, 5.74) is 5.80. The first-order chi connectivity index (χ1) is 11.5. The van der Waals surface area contributed by atoms with Crippen molar-refractivity contribution in [1.82, 2.24) is 4.98 Å². The number of nitrogens with two attached hydrogens (primary N) is 1. The van der Waals surface area contributed by atoms with Crippen molar-refractivity contribution in [3.63, 3.8) is 0 Å². The fourth-order valence-corrected chi connectivity index (χ4v) is 2.00. The van der Waals surface area contributed by atoms with E-state index in [4.69, 9.17) is 15.7 Å². The lowest BCUT2D eigenvalue weighted by atomic mass is 10.1. The highest BCUT2D eigenvalue weighted by Gasteiger charge is 2.15. The molecule has 0 aliphatic heterocycles. The van der Waals surface area contributed by atoms with Crippen molar-refractivity contribution >= 4 is 17.4 Å². The predicted molar refractivity (Wildman–Crippen MR) is 83.2 cm³/mol. The van der Waals surface area contributed by atoms with Gasteiger partial charge in [-0.3, -0.25) is 4.79 Å². The molecule has 124 valence electrons. The molecule has 6 nitrogen and oxygen atoms in total. The molecule has 2 rings (SSSR count). The van der Waals surface area contributed by atoms with E-state index in [-0.39, 0.29) is 41.5 Å². The number of ether oxygens (including phenoxy) is 1. The Hall–Kier alpha value is -3.21. The van der Waals surface area contributed by atoms with Crippen molar-refractivity contribution in [2.45, 2.75) is 13.3 Å². The smallest absolute Gasteiger partial charge is 0.235 e. The third-order valence-corrected chi connectivity index (χ3v) is 3.06. The first-order valence-corrected chi connectivity index (χ1v) is 7.02. The van der Waals surface area contributed by atoms with Gasteiger partial charge in [0.15, 0.2) is 11.6 Å². The number of amides is 1. The van der Waals surface area contributed by atoms with Crippen molar-refractivity contribution in [2.24, 2.45) is 0 Å². The van der Waals surface area contributed by atoms with E-state index in [1.807, 2.05) is 6.07 Å². The number of hydrogen-bond acceptors (Lipinski definition) is 5. The van der Waals surface area contributed by atoms with Gasteiger partial charge < -0.3 is 15.8 Å². The number of aromatic nitrogens is 1. The molecule has 2 aromatic rings. The summed E-state index contributed by atoms with van der Waals surface area (Å²) in [5.74, 6) is -2.67. The number of nitrogens with zero attached hydrogens (tertiary/aromatic N) is 2. The normalized spacial score (nSPS) is 10.1. The van der Waals surface area contributed by atoms with Crippen LogP contribution in [0, 0.1) is 23.0 Å². The first kappa shape index (κ1) is 17.1. The number of hydrogen-bond donors (Lipinski definition) is 2. The van der Waals surface area contributed by atoms with Gasteiger partial charge in [-0.2, -0.15) is 10.2 Å². The van der Waals surface area contributed by atoms with Gasteiger partial charge in [0, 0.05) is 11.6 Å². The molecule has 0 unspecified atom stereocenters. The monoisotopic (exact) mass is 332 g/mol. The van der Waals surface area contributed by atoms with Crippen LogP contribution >= 0.6 is 0 Å². The summed E-state index contributed by atoms with van der Waals surface area (Å²) in [6, 6.07) is 6.75. The number of rotatable bonds is 5. The summed E-state index contributed by atoms with van der Waals surface area (Å²) in [7, 11) is 0. The highest BCUT2D eigenvalue weighted by molar-refractivity contribution is 5.92. The second-order valence-electron chi connectivity index (χ2n) is 4.76. The number of carbonyl (C=O) groups excluding carboxylic acids is 1. The van der Waals surface area contributed by atoms with Crippen LogP contribution in [-0.2, 0) is 11.2 Å². The third-order valence-electron chi connectivity index (χ3n) is 3.06. The summed E-state index contributed by atoms with van der Waals surface area (Å²) >= 11 is 0. The minimum absolute atomic E-state index is 0.00719. The topological polar surface area (TPSA) is 101 Å². The quantitative estimate of drug-likeness (QED) is 0.875. The Morgan fingerprint density at radius 1 is 1.46 bits per heavy atom. The van der Waals surface area contributed by atoms with Crippen molar-refractivity contribution in [2.75, 3.05) is 17.7 Å². The van der Waals surface area contributed by atoms with Gasteiger partial charge in [-0.15, -0.1) is 0 Å². The van der Waals surface area contributed by atoms with E-state index >= 15 is 0 Å². The van der Waals surface area contributed by atoms with E-state index in [2.05, 4.69) is 10.3 Å². The van der Waals surface area contributed by atoms with Crippen molar-refractivity contribution in [1.29, 1.82) is 5.26 Å². The average molecular weight is 332 g/mol. The Kier molecular flexibility index (Phi) is 5.27. The number of nitriles is 1. The third kappa shape index (κ3) is 3.76. The number of nitrogen functional groups attached to an aromatic ring is 1. The maximum Gasteiger partial charge on any atom is 0.235 e. The standard InChI is InChI=1S/C16H14F2N4O2/c1-2-24-16-10(8-19)12(20)7-13(22-16)21-14(23)6-9-4-3-5-11(17)15(9)18/h3-5,7H,2,6H2,1H3,(H3,20,21,22,23). The van der Waals surface area contributed by atoms with E-state index in [9.17, 15) is 13.6 Å². The van der Waals surface area contributed by atoms with Crippen LogP contribution in [-0.4, -0.2) is 17.5 Å². The number of anilines is 2. The number of halogens is 2. The molecule has 0 saturated carbocycles. The van der Waals surface area contributed by atoms with Crippen LogP contribution < -0.4 is 15.8 Å².